The van der Waals surface area contributed by atoms with E-state index in [1.165, 1.54) is 29.0 Å². The number of fused-ring (bicyclic) bond motifs is 1. The monoisotopic (exact) mass is 361 g/mol. The van der Waals surface area contributed by atoms with E-state index in [9.17, 15) is 14.9 Å². The van der Waals surface area contributed by atoms with Crippen molar-refractivity contribution in [3.8, 4) is 0 Å². The van der Waals surface area contributed by atoms with Crippen molar-refractivity contribution in [2.24, 2.45) is 4.99 Å². The van der Waals surface area contributed by atoms with E-state index in [1.54, 1.807) is 0 Å². The number of amides is 1. The van der Waals surface area contributed by atoms with Gasteiger partial charge in [-0.15, -0.1) is 0 Å². The molecule has 0 radical (unpaired) electrons. The predicted octanol–water partition coefficient (Wildman–Crippen LogP) is 4.00. The number of thiophene rings is 1. The molecule has 0 aliphatic rings. The topological polar surface area (TPSA) is 77.5 Å². The van der Waals surface area contributed by atoms with Crippen molar-refractivity contribution in [3.63, 3.8) is 0 Å². The second-order valence-corrected chi connectivity index (χ2v) is 7.13. The molecule has 8 heteroatoms. The van der Waals surface area contributed by atoms with E-state index in [0.717, 1.165) is 28.0 Å². The Bertz CT molecular complexity index is 998. The number of carbonyl (C=O) groups excluding carboxylic acids is 1. The van der Waals surface area contributed by atoms with Gasteiger partial charge in [0.15, 0.2) is 4.80 Å². The van der Waals surface area contributed by atoms with Crippen molar-refractivity contribution in [1.29, 1.82) is 0 Å². The summed E-state index contributed by atoms with van der Waals surface area (Å²) >= 11 is 2.31. The number of hydrogen-bond acceptors (Lipinski definition) is 5. The summed E-state index contributed by atoms with van der Waals surface area (Å²) in [7, 11) is 0. The molecule has 0 spiro atoms. The zero-order valence-electron chi connectivity index (χ0n) is 13.2. The quantitative estimate of drug-likeness (QED) is 0.520. The zero-order chi connectivity index (χ0) is 17.3. The summed E-state index contributed by atoms with van der Waals surface area (Å²) in [6.07, 6.45) is 0.901. The number of thiazole rings is 1. The van der Waals surface area contributed by atoms with Crippen LogP contribution in [-0.4, -0.2) is 15.4 Å². The molecule has 2 heterocycles. The molecule has 0 bridgehead atoms. The van der Waals surface area contributed by atoms with E-state index in [0.29, 0.717) is 11.3 Å². The van der Waals surface area contributed by atoms with Gasteiger partial charge in [-0.25, -0.2) is 0 Å². The van der Waals surface area contributed by atoms with Crippen LogP contribution < -0.4 is 4.80 Å². The summed E-state index contributed by atoms with van der Waals surface area (Å²) in [6.45, 7) is 4.81. The molecule has 1 aromatic carbocycles. The molecule has 1 amide bonds. The first-order valence-electron chi connectivity index (χ1n) is 7.49. The average Bonchev–Trinajstić information content (AvgIpc) is 3.18. The second-order valence-electron chi connectivity index (χ2n) is 5.06. The first kappa shape index (κ1) is 16.5. The van der Waals surface area contributed by atoms with Crippen molar-refractivity contribution < 1.29 is 9.72 Å². The number of aromatic nitrogens is 1. The highest BCUT2D eigenvalue weighted by molar-refractivity contribution is 7.17. The van der Waals surface area contributed by atoms with Crippen LogP contribution in [-0.2, 0) is 13.0 Å². The van der Waals surface area contributed by atoms with Crippen molar-refractivity contribution in [2.75, 3.05) is 0 Å². The maximum absolute atomic E-state index is 12.4. The number of carbonyl (C=O) groups is 1. The lowest BCUT2D eigenvalue weighted by Crippen LogP contribution is -2.16. The molecule has 0 unspecified atom stereocenters. The van der Waals surface area contributed by atoms with Crippen LogP contribution in [0.1, 0.15) is 29.1 Å². The molecule has 24 heavy (non-hydrogen) atoms. The van der Waals surface area contributed by atoms with Crippen LogP contribution in [0.5, 0.6) is 0 Å². The lowest BCUT2D eigenvalue weighted by atomic mass is 10.1. The number of para-hydroxylation sites is 1. The van der Waals surface area contributed by atoms with Crippen LogP contribution in [0.25, 0.3) is 10.2 Å². The molecule has 0 atom stereocenters. The Morgan fingerprint density at radius 3 is 2.67 bits per heavy atom. The smallest absolute Gasteiger partial charge is 0.316 e. The van der Waals surface area contributed by atoms with Gasteiger partial charge in [0.25, 0.3) is 5.91 Å². The van der Waals surface area contributed by atoms with Crippen LogP contribution in [0, 0.1) is 10.1 Å². The van der Waals surface area contributed by atoms with Gasteiger partial charge in [0.2, 0.25) is 0 Å². The average molecular weight is 361 g/mol. The van der Waals surface area contributed by atoms with E-state index in [-0.39, 0.29) is 9.88 Å². The number of hydrogen-bond donors (Lipinski definition) is 0. The largest absolute Gasteiger partial charge is 0.324 e. The summed E-state index contributed by atoms with van der Waals surface area (Å²) in [5.41, 5.74) is 2.32. The highest BCUT2D eigenvalue weighted by Crippen LogP contribution is 2.25. The fourth-order valence-electron chi connectivity index (χ4n) is 2.55. The Balaban J connectivity index is 2.12. The first-order chi connectivity index (χ1) is 11.5. The lowest BCUT2D eigenvalue weighted by Gasteiger charge is -2.04. The fourth-order valence-corrected chi connectivity index (χ4v) is 4.40. The summed E-state index contributed by atoms with van der Waals surface area (Å²) in [6, 6.07) is 8.89. The summed E-state index contributed by atoms with van der Waals surface area (Å²) in [5, 5.41) is 10.7. The van der Waals surface area contributed by atoms with Crippen LogP contribution in [0.3, 0.4) is 0 Å². The molecular formula is C16H15N3O3S2. The number of nitro groups is 1. The Morgan fingerprint density at radius 2 is 2.04 bits per heavy atom. The molecular weight excluding hydrogens is 346 g/mol. The van der Waals surface area contributed by atoms with Gasteiger partial charge in [-0.1, -0.05) is 41.7 Å². The maximum Gasteiger partial charge on any atom is 0.324 e. The SMILES string of the molecule is CCc1cccc2sc(=NC(=O)c3ccc([N+](=O)[O-])s3)n(CC)c12. The Kier molecular flexibility index (Phi) is 4.59. The fraction of sp³-hybridized carbons (Fsp3) is 0.250. The normalized spacial score (nSPS) is 12.0. The third-order valence-electron chi connectivity index (χ3n) is 3.66. The molecule has 0 aliphatic heterocycles. The van der Waals surface area contributed by atoms with Crippen LogP contribution in [0.2, 0.25) is 0 Å². The number of benzene rings is 1. The first-order valence-corrected chi connectivity index (χ1v) is 9.13. The molecule has 0 aliphatic carbocycles. The number of nitrogens with zero attached hydrogens (tertiary/aromatic N) is 3. The van der Waals surface area contributed by atoms with Gasteiger partial charge in [0.05, 0.1) is 15.1 Å². The Hall–Kier alpha value is -2.32. The van der Waals surface area contributed by atoms with Crippen molar-refractivity contribution in [3.05, 3.63) is 55.7 Å². The molecule has 3 aromatic rings. The minimum absolute atomic E-state index is 0.0541. The van der Waals surface area contributed by atoms with Gasteiger partial charge in [0, 0.05) is 12.6 Å². The summed E-state index contributed by atoms with van der Waals surface area (Å²) in [5.74, 6) is -0.445. The number of rotatable bonds is 4. The van der Waals surface area contributed by atoms with Gasteiger partial charge in [-0.05, 0) is 31.0 Å². The van der Waals surface area contributed by atoms with Crippen LogP contribution >= 0.6 is 22.7 Å². The lowest BCUT2D eigenvalue weighted by molar-refractivity contribution is -0.380. The summed E-state index contributed by atoms with van der Waals surface area (Å²) < 4.78 is 3.11. The zero-order valence-corrected chi connectivity index (χ0v) is 14.8. The van der Waals surface area contributed by atoms with Gasteiger partial charge >= 0.3 is 5.00 Å². The van der Waals surface area contributed by atoms with Crippen molar-refractivity contribution in [2.45, 2.75) is 26.8 Å². The highest BCUT2D eigenvalue weighted by Gasteiger charge is 2.16. The van der Waals surface area contributed by atoms with Gasteiger partial charge in [-0.2, -0.15) is 4.99 Å². The molecule has 0 saturated heterocycles. The van der Waals surface area contributed by atoms with E-state index < -0.39 is 10.8 Å². The molecule has 124 valence electrons. The summed E-state index contributed by atoms with van der Waals surface area (Å²) in [4.78, 5) is 27.7. The van der Waals surface area contributed by atoms with Crippen LogP contribution in [0.15, 0.2) is 35.3 Å². The minimum Gasteiger partial charge on any atom is -0.316 e. The molecule has 6 nitrogen and oxygen atoms in total. The van der Waals surface area contributed by atoms with Crippen molar-refractivity contribution >= 4 is 43.8 Å². The number of aryl methyl sites for hydroxylation is 2. The minimum atomic E-state index is -0.499. The molecule has 2 aromatic heterocycles. The van der Waals surface area contributed by atoms with E-state index in [2.05, 4.69) is 18.0 Å². The molecule has 0 saturated carbocycles. The molecule has 3 rings (SSSR count). The van der Waals surface area contributed by atoms with E-state index in [4.69, 9.17) is 0 Å². The van der Waals surface area contributed by atoms with E-state index >= 15 is 0 Å². The highest BCUT2D eigenvalue weighted by atomic mass is 32.1. The molecule has 0 N–H and O–H groups in total. The Labute approximate surface area is 145 Å². The van der Waals surface area contributed by atoms with Crippen molar-refractivity contribution in [1.82, 2.24) is 4.57 Å². The second kappa shape index (κ2) is 6.66. The van der Waals surface area contributed by atoms with Crippen LogP contribution in [0.4, 0.5) is 5.00 Å². The third kappa shape index (κ3) is 2.90. The standard InChI is InChI=1S/C16H15N3O3S2/c1-3-10-6-5-7-11-14(10)18(4-2)16(24-11)17-15(20)12-8-9-13(23-12)19(21)22/h5-9H,3-4H2,1-2H3. The maximum atomic E-state index is 12.4. The molecule has 0 fully saturated rings. The van der Waals surface area contributed by atoms with Gasteiger partial charge in [0.1, 0.15) is 4.88 Å². The van der Waals surface area contributed by atoms with Gasteiger partial charge in [-0.3, -0.25) is 14.9 Å². The Morgan fingerprint density at radius 1 is 1.25 bits per heavy atom. The van der Waals surface area contributed by atoms with E-state index in [1.807, 2.05) is 23.6 Å². The predicted molar refractivity (Wildman–Crippen MR) is 95.7 cm³/mol. The third-order valence-corrected chi connectivity index (χ3v) is 5.73. The van der Waals surface area contributed by atoms with Gasteiger partial charge < -0.3 is 4.57 Å².